The Morgan fingerprint density at radius 3 is 2.50 bits per heavy atom. The second-order valence-corrected chi connectivity index (χ2v) is 4.97. The highest BCUT2D eigenvalue weighted by molar-refractivity contribution is 5.96. The summed E-state index contributed by atoms with van der Waals surface area (Å²) in [4.78, 5) is 22.8. The molecule has 4 nitrogen and oxygen atoms in total. The van der Waals surface area contributed by atoms with Crippen molar-refractivity contribution in [3.05, 3.63) is 42.0 Å². The molecule has 1 saturated heterocycles. The molecule has 7 heteroatoms. The molecule has 1 atom stereocenters. The van der Waals surface area contributed by atoms with Gasteiger partial charge in [-0.2, -0.15) is 13.2 Å². The van der Waals surface area contributed by atoms with Crippen LogP contribution < -0.4 is 10.6 Å². The van der Waals surface area contributed by atoms with Gasteiger partial charge in [0.05, 0.1) is 5.57 Å². The average molecular weight is 312 g/mol. The van der Waals surface area contributed by atoms with Crippen LogP contribution in [0.1, 0.15) is 18.4 Å². The van der Waals surface area contributed by atoms with Crippen LogP contribution >= 0.6 is 0 Å². The first kappa shape index (κ1) is 16.1. The third-order valence-corrected chi connectivity index (χ3v) is 3.28. The largest absolute Gasteiger partial charge is 0.417 e. The monoisotopic (exact) mass is 312 g/mol. The highest BCUT2D eigenvalue weighted by Crippen LogP contribution is 2.33. The standard InChI is InChI=1S/C15H15F3N2O2/c16-15(17,18)12(10-4-2-1-3-5-10)8-14(22)20-11-6-7-13(21)19-9-11/h1-5,8,11H,6-7,9H2,(H,19,21)(H,20,22)/b12-8+/t11-/m0/s1. The lowest BCUT2D eigenvalue weighted by atomic mass is 10.0. The SMILES string of the molecule is O=C(/C=C(\c1ccccc1)C(F)(F)F)N[C@H]1CCC(=O)NC1. The number of hydrogen-bond acceptors (Lipinski definition) is 2. The summed E-state index contributed by atoms with van der Waals surface area (Å²) in [6.45, 7) is 0.227. The van der Waals surface area contributed by atoms with Crippen molar-refractivity contribution in [3.63, 3.8) is 0 Å². The van der Waals surface area contributed by atoms with Crippen molar-refractivity contribution < 1.29 is 22.8 Å². The van der Waals surface area contributed by atoms with Crippen LogP contribution in [0.2, 0.25) is 0 Å². The Morgan fingerprint density at radius 1 is 1.27 bits per heavy atom. The van der Waals surface area contributed by atoms with Crippen molar-refractivity contribution in [1.29, 1.82) is 0 Å². The van der Waals surface area contributed by atoms with Crippen molar-refractivity contribution >= 4 is 17.4 Å². The van der Waals surface area contributed by atoms with Crippen molar-refractivity contribution in [2.24, 2.45) is 0 Å². The Bertz CT molecular complexity index is 572. The number of amides is 2. The summed E-state index contributed by atoms with van der Waals surface area (Å²) < 4.78 is 39.3. The third-order valence-electron chi connectivity index (χ3n) is 3.28. The zero-order valence-corrected chi connectivity index (χ0v) is 11.6. The number of hydrogen-bond donors (Lipinski definition) is 2. The van der Waals surface area contributed by atoms with Gasteiger partial charge in [0.15, 0.2) is 0 Å². The van der Waals surface area contributed by atoms with E-state index in [1.807, 2.05) is 0 Å². The van der Waals surface area contributed by atoms with Gasteiger partial charge >= 0.3 is 6.18 Å². The number of alkyl halides is 3. The lowest BCUT2D eigenvalue weighted by molar-refractivity contribution is -0.124. The van der Waals surface area contributed by atoms with E-state index in [9.17, 15) is 22.8 Å². The Morgan fingerprint density at radius 2 is 1.95 bits per heavy atom. The predicted molar refractivity (Wildman–Crippen MR) is 74.6 cm³/mol. The lowest BCUT2D eigenvalue weighted by Gasteiger charge is -2.23. The number of carbonyl (C=O) groups is 2. The normalized spacial score (nSPS) is 19.5. The predicted octanol–water partition coefficient (Wildman–Crippen LogP) is 2.03. The molecule has 1 fully saturated rings. The molecule has 1 aromatic carbocycles. The maximum atomic E-state index is 13.1. The van der Waals surface area contributed by atoms with Gasteiger partial charge in [0.2, 0.25) is 11.8 Å². The summed E-state index contributed by atoms with van der Waals surface area (Å²) in [6.07, 6.45) is -3.40. The van der Waals surface area contributed by atoms with E-state index in [-0.39, 0.29) is 30.5 Å². The second kappa shape index (κ2) is 6.64. The van der Waals surface area contributed by atoms with Crippen molar-refractivity contribution in [1.82, 2.24) is 10.6 Å². The summed E-state index contributed by atoms with van der Waals surface area (Å²) in [7, 11) is 0. The van der Waals surface area contributed by atoms with E-state index >= 15 is 0 Å². The summed E-state index contributed by atoms with van der Waals surface area (Å²) in [6, 6.07) is 6.79. The Hall–Kier alpha value is -2.31. The molecule has 1 aliphatic heterocycles. The average Bonchev–Trinajstić information content (AvgIpc) is 2.47. The fourth-order valence-electron chi connectivity index (χ4n) is 2.18. The van der Waals surface area contributed by atoms with E-state index in [2.05, 4.69) is 10.6 Å². The molecule has 2 N–H and O–H groups in total. The summed E-state index contributed by atoms with van der Waals surface area (Å²) in [5.41, 5.74) is -1.06. The number of nitrogens with one attached hydrogen (secondary N) is 2. The molecule has 0 spiro atoms. The van der Waals surface area contributed by atoms with Crippen molar-refractivity contribution in [2.45, 2.75) is 25.1 Å². The molecule has 1 aliphatic rings. The van der Waals surface area contributed by atoms with Gasteiger partial charge in [-0.05, 0) is 12.0 Å². The smallest absolute Gasteiger partial charge is 0.354 e. The summed E-state index contributed by atoms with van der Waals surface area (Å²) in [5.74, 6) is -0.946. The van der Waals surface area contributed by atoms with Crippen LogP contribution in [0.15, 0.2) is 36.4 Å². The van der Waals surface area contributed by atoms with Gasteiger partial charge in [-0.25, -0.2) is 0 Å². The van der Waals surface area contributed by atoms with Gasteiger partial charge in [-0.3, -0.25) is 9.59 Å². The molecule has 1 heterocycles. The van der Waals surface area contributed by atoms with E-state index in [0.717, 1.165) is 0 Å². The van der Waals surface area contributed by atoms with E-state index in [4.69, 9.17) is 0 Å². The van der Waals surface area contributed by atoms with Gasteiger partial charge in [0, 0.05) is 25.1 Å². The number of rotatable bonds is 3. The quantitative estimate of drug-likeness (QED) is 0.839. The van der Waals surface area contributed by atoms with E-state index in [0.29, 0.717) is 12.5 Å². The van der Waals surface area contributed by atoms with Crippen LogP contribution in [0.3, 0.4) is 0 Å². The molecule has 0 aromatic heterocycles. The van der Waals surface area contributed by atoms with Gasteiger partial charge in [-0.1, -0.05) is 30.3 Å². The van der Waals surface area contributed by atoms with Gasteiger partial charge in [0.25, 0.3) is 0 Å². The number of allylic oxidation sites excluding steroid dienone is 1. The van der Waals surface area contributed by atoms with Crippen LogP contribution in [0.5, 0.6) is 0 Å². The second-order valence-electron chi connectivity index (χ2n) is 4.97. The molecular formula is C15H15F3N2O2. The minimum Gasteiger partial charge on any atom is -0.354 e. The number of piperidine rings is 1. The van der Waals surface area contributed by atoms with Crippen molar-refractivity contribution in [2.75, 3.05) is 6.54 Å². The molecule has 22 heavy (non-hydrogen) atoms. The fraction of sp³-hybridized carbons (Fsp3) is 0.333. The summed E-state index contributed by atoms with van der Waals surface area (Å²) >= 11 is 0. The molecular weight excluding hydrogens is 297 g/mol. The van der Waals surface area contributed by atoms with Crippen LogP contribution in [0, 0.1) is 0 Å². The Kier molecular flexibility index (Phi) is 4.85. The molecule has 0 saturated carbocycles. The van der Waals surface area contributed by atoms with Gasteiger partial charge < -0.3 is 10.6 Å². The minimum atomic E-state index is -4.63. The molecule has 2 amide bonds. The first-order chi connectivity index (χ1) is 10.4. The van der Waals surface area contributed by atoms with Crippen LogP contribution in [-0.2, 0) is 9.59 Å². The third kappa shape index (κ3) is 4.34. The molecule has 0 unspecified atom stereocenters. The highest BCUT2D eigenvalue weighted by Gasteiger charge is 2.35. The fourth-order valence-corrected chi connectivity index (χ4v) is 2.18. The highest BCUT2D eigenvalue weighted by atomic mass is 19.4. The summed E-state index contributed by atoms with van der Waals surface area (Å²) in [5, 5.41) is 5.04. The molecule has 2 rings (SSSR count). The minimum absolute atomic E-state index is 0.0675. The maximum absolute atomic E-state index is 13.1. The maximum Gasteiger partial charge on any atom is 0.417 e. The molecule has 0 radical (unpaired) electrons. The van der Waals surface area contributed by atoms with Crippen molar-refractivity contribution in [3.8, 4) is 0 Å². The molecule has 0 aliphatic carbocycles. The van der Waals surface area contributed by atoms with E-state index in [1.165, 1.54) is 24.3 Å². The van der Waals surface area contributed by atoms with Gasteiger partial charge in [-0.15, -0.1) is 0 Å². The first-order valence-electron chi connectivity index (χ1n) is 6.78. The molecule has 0 bridgehead atoms. The topological polar surface area (TPSA) is 58.2 Å². The molecule has 1 aromatic rings. The Labute approximate surface area is 125 Å². The number of halogens is 3. The first-order valence-corrected chi connectivity index (χ1v) is 6.78. The Balaban J connectivity index is 2.12. The van der Waals surface area contributed by atoms with Crippen LogP contribution in [-0.4, -0.2) is 30.6 Å². The van der Waals surface area contributed by atoms with Crippen LogP contribution in [0.25, 0.3) is 5.57 Å². The zero-order valence-electron chi connectivity index (χ0n) is 11.6. The van der Waals surface area contributed by atoms with Gasteiger partial charge in [0.1, 0.15) is 0 Å². The number of benzene rings is 1. The zero-order chi connectivity index (χ0) is 16.2. The number of carbonyl (C=O) groups excluding carboxylic acids is 2. The lowest BCUT2D eigenvalue weighted by Crippen LogP contribution is -2.47. The molecule has 118 valence electrons. The van der Waals surface area contributed by atoms with E-state index in [1.54, 1.807) is 6.07 Å². The van der Waals surface area contributed by atoms with Crippen LogP contribution in [0.4, 0.5) is 13.2 Å². The van der Waals surface area contributed by atoms with E-state index < -0.39 is 17.7 Å².